The molecule has 1 aromatic rings. The van der Waals surface area contributed by atoms with Crippen LogP contribution < -0.4 is 5.73 Å². The fourth-order valence-electron chi connectivity index (χ4n) is 3.29. The van der Waals surface area contributed by atoms with E-state index in [0.717, 1.165) is 12.8 Å². The molecule has 7 heteroatoms. The molecule has 0 spiro atoms. The van der Waals surface area contributed by atoms with Crippen LogP contribution in [0.1, 0.15) is 12.8 Å². The molecule has 2 N–H and O–H groups in total. The van der Waals surface area contributed by atoms with Crippen molar-refractivity contribution in [2.24, 2.45) is 17.6 Å². The first-order valence-electron chi connectivity index (χ1n) is 6.61. The fourth-order valence-corrected chi connectivity index (χ4v) is 5.82. The van der Waals surface area contributed by atoms with Gasteiger partial charge in [0.25, 0.3) is 0 Å². The molecule has 0 aromatic heterocycles. The van der Waals surface area contributed by atoms with Crippen molar-refractivity contribution in [2.75, 3.05) is 13.1 Å². The molecule has 2 fully saturated rings. The Morgan fingerprint density at radius 1 is 1.30 bits per heavy atom. The maximum atomic E-state index is 12.7. The number of hydrogen-bond acceptors (Lipinski definition) is 3. The van der Waals surface area contributed by atoms with Crippen molar-refractivity contribution < 1.29 is 8.42 Å². The van der Waals surface area contributed by atoms with Crippen LogP contribution in [0.3, 0.4) is 0 Å². The van der Waals surface area contributed by atoms with E-state index in [-0.39, 0.29) is 21.9 Å². The molecule has 1 aliphatic carbocycles. The number of rotatable bonds is 2. The monoisotopic (exact) mass is 378 g/mol. The number of halogens is 2. The highest BCUT2D eigenvalue weighted by Crippen LogP contribution is 2.40. The highest BCUT2D eigenvalue weighted by atomic mass is 79.9. The van der Waals surface area contributed by atoms with Crippen molar-refractivity contribution in [2.45, 2.75) is 23.8 Å². The second kappa shape index (κ2) is 5.25. The van der Waals surface area contributed by atoms with Gasteiger partial charge in [-0.25, -0.2) is 8.42 Å². The first-order chi connectivity index (χ1) is 9.41. The lowest BCUT2D eigenvalue weighted by molar-refractivity contribution is 0.427. The van der Waals surface area contributed by atoms with Crippen molar-refractivity contribution in [1.82, 2.24) is 4.31 Å². The van der Waals surface area contributed by atoms with E-state index in [2.05, 4.69) is 15.9 Å². The van der Waals surface area contributed by atoms with Gasteiger partial charge in [0, 0.05) is 23.6 Å². The van der Waals surface area contributed by atoms with E-state index in [9.17, 15) is 8.42 Å². The predicted octanol–water partition coefficient (Wildman–Crippen LogP) is 2.46. The van der Waals surface area contributed by atoms with Crippen molar-refractivity contribution >= 4 is 37.6 Å². The number of benzene rings is 1. The second-order valence-corrected chi connectivity index (χ2v) is 8.68. The lowest BCUT2D eigenvalue weighted by Gasteiger charge is -2.19. The van der Waals surface area contributed by atoms with Gasteiger partial charge in [0.2, 0.25) is 10.0 Å². The standard InChI is InChI=1S/C13H16BrClN2O2S/c14-10-2-1-3-12(13(10)15)20(18,19)17-6-8-4-5-11(16)9(8)7-17/h1-3,8-9,11H,4-7,16H2. The minimum Gasteiger partial charge on any atom is -0.327 e. The minimum atomic E-state index is -3.54. The smallest absolute Gasteiger partial charge is 0.244 e. The Morgan fingerprint density at radius 2 is 2.05 bits per heavy atom. The molecule has 0 amide bonds. The molecular formula is C13H16BrClN2O2S. The Bertz CT molecular complexity index is 637. The van der Waals surface area contributed by atoms with E-state index in [4.69, 9.17) is 17.3 Å². The topological polar surface area (TPSA) is 63.4 Å². The third-order valence-corrected chi connectivity index (χ3v) is 7.70. The van der Waals surface area contributed by atoms with Crippen LogP contribution in [0.5, 0.6) is 0 Å². The molecule has 0 radical (unpaired) electrons. The largest absolute Gasteiger partial charge is 0.327 e. The average Bonchev–Trinajstić information content (AvgIpc) is 2.96. The SMILES string of the molecule is NC1CCC2CN(S(=O)(=O)c3cccc(Br)c3Cl)CC12. The van der Waals surface area contributed by atoms with Gasteiger partial charge < -0.3 is 5.73 Å². The van der Waals surface area contributed by atoms with Gasteiger partial charge in [0.05, 0.1) is 5.02 Å². The van der Waals surface area contributed by atoms with Gasteiger partial charge in [-0.15, -0.1) is 0 Å². The van der Waals surface area contributed by atoms with Crippen LogP contribution in [0.15, 0.2) is 27.6 Å². The summed E-state index contributed by atoms with van der Waals surface area (Å²) in [6.07, 6.45) is 2.02. The molecule has 1 saturated heterocycles. The van der Waals surface area contributed by atoms with Gasteiger partial charge in [-0.2, -0.15) is 4.31 Å². The summed E-state index contributed by atoms with van der Waals surface area (Å²) >= 11 is 9.40. The Balaban J connectivity index is 1.92. The van der Waals surface area contributed by atoms with Crippen LogP contribution in [-0.4, -0.2) is 31.9 Å². The molecule has 2 aliphatic rings. The molecule has 20 heavy (non-hydrogen) atoms. The zero-order valence-electron chi connectivity index (χ0n) is 10.8. The van der Waals surface area contributed by atoms with Crippen LogP contribution in [0, 0.1) is 11.8 Å². The summed E-state index contributed by atoms with van der Waals surface area (Å²) in [5, 5.41) is 0.244. The van der Waals surface area contributed by atoms with Crippen LogP contribution in [0.25, 0.3) is 0 Å². The molecule has 1 saturated carbocycles. The van der Waals surface area contributed by atoms with Crippen LogP contribution in [-0.2, 0) is 10.0 Å². The Morgan fingerprint density at radius 3 is 2.75 bits per heavy atom. The maximum absolute atomic E-state index is 12.7. The highest BCUT2D eigenvalue weighted by Gasteiger charge is 2.45. The Kier molecular flexibility index (Phi) is 3.88. The molecule has 1 heterocycles. The quantitative estimate of drug-likeness (QED) is 0.858. The van der Waals surface area contributed by atoms with Gasteiger partial charge in [0.15, 0.2) is 0 Å². The first-order valence-corrected chi connectivity index (χ1v) is 9.22. The molecule has 3 rings (SSSR count). The van der Waals surface area contributed by atoms with Gasteiger partial charge in [-0.05, 0) is 52.7 Å². The van der Waals surface area contributed by atoms with E-state index in [1.807, 2.05) is 0 Å². The molecule has 1 aromatic carbocycles. The van der Waals surface area contributed by atoms with E-state index >= 15 is 0 Å². The summed E-state index contributed by atoms with van der Waals surface area (Å²) < 4.78 is 27.6. The molecule has 4 nitrogen and oxygen atoms in total. The number of hydrogen-bond donors (Lipinski definition) is 1. The van der Waals surface area contributed by atoms with Gasteiger partial charge in [-0.3, -0.25) is 0 Å². The summed E-state index contributed by atoms with van der Waals surface area (Å²) in [4.78, 5) is 0.169. The minimum absolute atomic E-state index is 0.123. The third-order valence-electron chi connectivity index (χ3n) is 4.41. The first kappa shape index (κ1) is 14.8. The fraction of sp³-hybridized carbons (Fsp3) is 0.538. The van der Waals surface area contributed by atoms with Crippen molar-refractivity contribution in [3.05, 3.63) is 27.7 Å². The Hall–Kier alpha value is -0.140. The lowest BCUT2D eigenvalue weighted by Crippen LogP contribution is -2.33. The summed E-state index contributed by atoms with van der Waals surface area (Å²) in [5.41, 5.74) is 6.06. The lowest BCUT2D eigenvalue weighted by atomic mass is 9.98. The summed E-state index contributed by atoms with van der Waals surface area (Å²) in [5.74, 6) is 0.682. The van der Waals surface area contributed by atoms with Gasteiger partial charge in [0.1, 0.15) is 4.90 Å². The summed E-state index contributed by atoms with van der Waals surface area (Å²) in [6, 6.07) is 5.09. The van der Waals surface area contributed by atoms with Crippen molar-refractivity contribution in [3.63, 3.8) is 0 Å². The van der Waals surface area contributed by atoms with E-state index in [1.165, 1.54) is 4.31 Å². The Labute approximate surface area is 132 Å². The molecule has 110 valence electrons. The predicted molar refractivity (Wildman–Crippen MR) is 82.1 cm³/mol. The van der Waals surface area contributed by atoms with E-state index in [0.29, 0.717) is 23.5 Å². The van der Waals surface area contributed by atoms with E-state index < -0.39 is 10.0 Å². The van der Waals surface area contributed by atoms with Gasteiger partial charge in [-0.1, -0.05) is 17.7 Å². The molecular weight excluding hydrogens is 364 g/mol. The summed E-state index contributed by atoms with van der Waals surface area (Å²) in [6.45, 7) is 1.07. The van der Waals surface area contributed by atoms with Crippen molar-refractivity contribution in [1.29, 1.82) is 0 Å². The number of nitrogens with two attached hydrogens (primary N) is 1. The van der Waals surface area contributed by atoms with Gasteiger partial charge >= 0.3 is 0 Å². The van der Waals surface area contributed by atoms with Crippen molar-refractivity contribution in [3.8, 4) is 0 Å². The maximum Gasteiger partial charge on any atom is 0.244 e. The zero-order valence-corrected chi connectivity index (χ0v) is 14.0. The third kappa shape index (κ3) is 2.31. The zero-order chi connectivity index (χ0) is 14.5. The molecule has 1 aliphatic heterocycles. The summed E-state index contributed by atoms with van der Waals surface area (Å²) in [7, 11) is -3.54. The van der Waals surface area contributed by atoms with Crippen LogP contribution >= 0.6 is 27.5 Å². The number of sulfonamides is 1. The van der Waals surface area contributed by atoms with Crippen LogP contribution in [0.4, 0.5) is 0 Å². The second-order valence-electron chi connectivity index (χ2n) is 5.54. The molecule has 0 bridgehead atoms. The number of nitrogens with zero attached hydrogens (tertiary/aromatic N) is 1. The molecule has 3 unspecified atom stereocenters. The number of fused-ring (bicyclic) bond motifs is 1. The van der Waals surface area contributed by atoms with Crippen LogP contribution in [0.2, 0.25) is 5.02 Å². The normalized spacial score (nSPS) is 30.6. The van der Waals surface area contributed by atoms with E-state index in [1.54, 1.807) is 18.2 Å². The highest BCUT2D eigenvalue weighted by molar-refractivity contribution is 9.10. The average molecular weight is 380 g/mol. The molecule has 3 atom stereocenters.